The molecule has 2 N–H and O–H groups in total. The Kier molecular flexibility index (Phi) is 4.61. The third-order valence-corrected chi connectivity index (χ3v) is 3.34. The highest BCUT2D eigenvalue weighted by atomic mass is 16.5. The molecule has 1 aromatic rings. The molecule has 0 fully saturated rings. The molecule has 0 radical (unpaired) electrons. The maximum atomic E-state index is 12.2. The first-order valence-electron chi connectivity index (χ1n) is 6.87. The summed E-state index contributed by atoms with van der Waals surface area (Å²) < 4.78 is 5.59. The monoisotopic (exact) mass is 277 g/mol. The lowest BCUT2D eigenvalue weighted by atomic mass is 10.1. The van der Waals surface area contributed by atoms with Crippen LogP contribution >= 0.6 is 0 Å². The van der Waals surface area contributed by atoms with Gasteiger partial charge in [-0.05, 0) is 18.1 Å². The van der Waals surface area contributed by atoms with Gasteiger partial charge in [-0.25, -0.2) is 0 Å². The largest absolute Gasteiger partial charge is 0.481 e. The number of benzene rings is 1. The number of hydrogen-bond acceptors (Lipinski definition) is 3. The summed E-state index contributed by atoms with van der Waals surface area (Å²) in [7, 11) is 0. The molecule has 0 aliphatic carbocycles. The van der Waals surface area contributed by atoms with Gasteiger partial charge in [-0.3, -0.25) is 9.59 Å². The number of hydrogen-bond donors (Lipinski definition) is 2. The molecule has 1 aromatic carbocycles. The van der Waals surface area contributed by atoms with Crippen molar-refractivity contribution in [2.24, 2.45) is 0 Å². The highest BCUT2D eigenvalue weighted by molar-refractivity contribution is 5.83. The average Bonchev–Trinajstić information content (AvgIpc) is 2.82. The molecule has 0 bridgehead atoms. The number of carboxylic acid groups (broad SMARTS) is 1. The lowest BCUT2D eigenvalue weighted by Gasteiger charge is -2.18. The van der Waals surface area contributed by atoms with Crippen LogP contribution in [0, 0.1) is 0 Å². The van der Waals surface area contributed by atoms with Gasteiger partial charge in [0, 0.05) is 12.5 Å². The summed E-state index contributed by atoms with van der Waals surface area (Å²) >= 11 is 0. The number of ether oxygens (including phenoxy) is 1. The van der Waals surface area contributed by atoms with Crippen LogP contribution in [0.4, 0.5) is 0 Å². The zero-order valence-corrected chi connectivity index (χ0v) is 11.5. The fourth-order valence-corrected chi connectivity index (χ4v) is 2.41. The highest BCUT2D eigenvalue weighted by Crippen LogP contribution is 2.28. The second-order valence-corrected chi connectivity index (χ2v) is 5.01. The molecule has 2 unspecified atom stereocenters. The molecular weight excluding hydrogens is 258 g/mol. The molecule has 2 rings (SSSR count). The number of carbonyl (C=O) groups excluding carboxylic acids is 1. The normalized spacial score (nSPS) is 17.9. The quantitative estimate of drug-likeness (QED) is 0.830. The van der Waals surface area contributed by atoms with E-state index in [9.17, 15) is 9.59 Å². The van der Waals surface area contributed by atoms with E-state index in [4.69, 9.17) is 9.84 Å². The fraction of sp³-hybridized carbons (Fsp3) is 0.467. The number of carboxylic acids is 1. The van der Waals surface area contributed by atoms with Crippen LogP contribution in [0.2, 0.25) is 0 Å². The van der Waals surface area contributed by atoms with Crippen molar-refractivity contribution >= 4 is 11.9 Å². The van der Waals surface area contributed by atoms with Crippen LogP contribution in [-0.2, 0) is 16.0 Å². The van der Waals surface area contributed by atoms with Crippen LogP contribution in [-0.4, -0.2) is 29.1 Å². The van der Waals surface area contributed by atoms with Crippen LogP contribution in [0.1, 0.15) is 31.7 Å². The molecule has 20 heavy (non-hydrogen) atoms. The standard InChI is InChI=1S/C15H19NO4/c1-2-5-11(9-14(17)18)16-15(19)13-8-10-6-3-4-7-12(10)20-13/h3-4,6-7,11,13H,2,5,8-9H2,1H3,(H,16,19)(H,17,18). The molecule has 0 aromatic heterocycles. The molecule has 0 saturated heterocycles. The third-order valence-electron chi connectivity index (χ3n) is 3.34. The lowest BCUT2D eigenvalue weighted by molar-refractivity contribution is -0.138. The molecule has 0 spiro atoms. The number of carbonyl (C=O) groups is 2. The summed E-state index contributed by atoms with van der Waals surface area (Å²) in [4.78, 5) is 22.9. The zero-order valence-electron chi connectivity index (χ0n) is 11.5. The topological polar surface area (TPSA) is 75.6 Å². The SMILES string of the molecule is CCCC(CC(=O)O)NC(=O)C1Cc2ccccc2O1. The second-order valence-electron chi connectivity index (χ2n) is 5.01. The predicted molar refractivity (Wildman–Crippen MR) is 73.7 cm³/mol. The van der Waals surface area contributed by atoms with E-state index >= 15 is 0 Å². The van der Waals surface area contributed by atoms with Gasteiger partial charge in [-0.1, -0.05) is 31.5 Å². The Balaban J connectivity index is 1.93. The number of aliphatic carboxylic acids is 1. The Morgan fingerprint density at radius 2 is 2.20 bits per heavy atom. The van der Waals surface area contributed by atoms with Gasteiger partial charge in [0.15, 0.2) is 6.10 Å². The fourth-order valence-electron chi connectivity index (χ4n) is 2.41. The molecule has 1 aliphatic heterocycles. The summed E-state index contributed by atoms with van der Waals surface area (Å²) in [5.74, 6) is -0.404. The first-order chi connectivity index (χ1) is 9.60. The summed E-state index contributed by atoms with van der Waals surface area (Å²) in [5, 5.41) is 11.6. The van der Waals surface area contributed by atoms with Crippen molar-refractivity contribution in [2.45, 2.75) is 44.8 Å². The van der Waals surface area contributed by atoms with Gasteiger partial charge in [-0.2, -0.15) is 0 Å². The Morgan fingerprint density at radius 3 is 2.85 bits per heavy atom. The van der Waals surface area contributed by atoms with Crippen molar-refractivity contribution in [2.75, 3.05) is 0 Å². The first-order valence-corrected chi connectivity index (χ1v) is 6.87. The number of para-hydroxylation sites is 1. The summed E-state index contributed by atoms with van der Waals surface area (Å²) in [5.41, 5.74) is 1.01. The number of amides is 1. The van der Waals surface area contributed by atoms with Crippen LogP contribution in [0.3, 0.4) is 0 Å². The first kappa shape index (κ1) is 14.4. The van der Waals surface area contributed by atoms with Crippen molar-refractivity contribution in [3.05, 3.63) is 29.8 Å². The van der Waals surface area contributed by atoms with Crippen LogP contribution in [0.15, 0.2) is 24.3 Å². The van der Waals surface area contributed by atoms with Crippen LogP contribution in [0.5, 0.6) is 5.75 Å². The third kappa shape index (κ3) is 3.50. The average molecular weight is 277 g/mol. The van der Waals surface area contributed by atoms with Crippen LogP contribution < -0.4 is 10.1 Å². The molecule has 5 nitrogen and oxygen atoms in total. The molecular formula is C15H19NO4. The number of fused-ring (bicyclic) bond motifs is 1. The summed E-state index contributed by atoms with van der Waals surface area (Å²) in [6, 6.07) is 7.21. The molecule has 5 heteroatoms. The van der Waals surface area contributed by atoms with Crippen LogP contribution in [0.25, 0.3) is 0 Å². The van der Waals surface area contributed by atoms with Crippen molar-refractivity contribution in [3.8, 4) is 5.75 Å². The minimum atomic E-state index is -0.903. The Hall–Kier alpha value is -2.04. The van der Waals surface area contributed by atoms with Gasteiger partial charge in [0.25, 0.3) is 5.91 Å². The molecule has 1 amide bonds. The summed E-state index contributed by atoms with van der Waals surface area (Å²) in [6.45, 7) is 1.96. The van der Waals surface area contributed by atoms with Crippen molar-refractivity contribution in [1.82, 2.24) is 5.32 Å². The zero-order chi connectivity index (χ0) is 14.5. The van der Waals surface area contributed by atoms with Crippen molar-refractivity contribution < 1.29 is 19.4 Å². The van der Waals surface area contributed by atoms with E-state index in [-0.39, 0.29) is 18.4 Å². The summed E-state index contributed by atoms with van der Waals surface area (Å²) in [6.07, 6.45) is 1.40. The van der Waals surface area contributed by atoms with E-state index in [2.05, 4.69) is 5.32 Å². The lowest BCUT2D eigenvalue weighted by Crippen LogP contribution is -2.44. The maximum Gasteiger partial charge on any atom is 0.305 e. The van der Waals surface area contributed by atoms with E-state index in [1.54, 1.807) is 0 Å². The van der Waals surface area contributed by atoms with Gasteiger partial charge >= 0.3 is 5.97 Å². The molecule has 2 atom stereocenters. The Bertz CT molecular complexity index is 475. The predicted octanol–water partition coefficient (Wildman–Crippen LogP) is 1.75. The van der Waals surface area contributed by atoms with Gasteiger partial charge in [-0.15, -0.1) is 0 Å². The number of rotatable bonds is 6. The Morgan fingerprint density at radius 1 is 1.45 bits per heavy atom. The van der Waals surface area contributed by atoms with Gasteiger partial charge in [0.1, 0.15) is 5.75 Å². The molecule has 1 aliphatic rings. The number of nitrogens with one attached hydrogen (secondary N) is 1. The van der Waals surface area contributed by atoms with Gasteiger partial charge < -0.3 is 15.2 Å². The van der Waals surface area contributed by atoms with E-state index in [1.165, 1.54) is 0 Å². The minimum absolute atomic E-state index is 0.0563. The van der Waals surface area contributed by atoms with Gasteiger partial charge in [0.05, 0.1) is 6.42 Å². The minimum Gasteiger partial charge on any atom is -0.481 e. The van der Waals surface area contributed by atoms with E-state index < -0.39 is 12.1 Å². The smallest absolute Gasteiger partial charge is 0.305 e. The molecule has 108 valence electrons. The van der Waals surface area contributed by atoms with E-state index in [0.717, 1.165) is 17.7 Å². The Labute approximate surface area is 117 Å². The highest BCUT2D eigenvalue weighted by Gasteiger charge is 2.30. The van der Waals surface area contributed by atoms with E-state index in [0.29, 0.717) is 12.8 Å². The molecule has 0 saturated carbocycles. The van der Waals surface area contributed by atoms with E-state index in [1.807, 2.05) is 31.2 Å². The maximum absolute atomic E-state index is 12.2. The van der Waals surface area contributed by atoms with Crippen molar-refractivity contribution in [1.29, 1.82) is 0 Å². The van der Waals surface area contributed by atoms with Crippen molar-refractivity contribution in [3.63, 3.8) is 0 Å². The second kappa shape index (κ2) is 6.41. The molecule has 1 heterocycles. The van der Waals surface area contributed by atoms with Gasteiger partial charge in [0.2, 0.25) is 0 Å².